The Bertz CT molecular complexity index is 303. The van der Waals surface area contributed by atoms with Gasteiger partial charge in [-0.1, -0.05) is 0 Å². The standard InChI is InChI=1S/2C5H9NO4.Fe.Na/c2*1-6(2-4(7)8)3-5(9)10;;/h2*2-3H2,1H3,(H,7,8)(H,9,10);;/q;;+3;+1/p-4. The van der Waals surface area contributed by atoms with Crippen molar-refractivity contribution >= 4 is 23.9 Å². The average Bonchev–Trinajstić information content (AvgIpc) is 2.11. The second-order valence-electron chi connectivity index (χ2n) is 3.83. The van der Waals surface area contributed by atoms with E-state index >= 15 is 0 Å². The quantitative estimate of drug-likeness (QED) is 0.375. The molecule has 0 aromatic carbocycles. The summed E-state index contributed by atoms with van der Waals surface area (Å²) in [5, 5.41) is 39.3. The van der Waals surface area contributed by atoms with Gasteiger partial charge in [0.1, 0.15) is 0 Å². The van der Waals surface area contributed by atoms with Crippen molar-refractivity contribution in [3.63, 3.8) is 0 Å². The zero-order valence-corrected chi connectivity index (χ0v) is 15.4. The number of carbonyl (C=O) groups is 4. The molecule has 0 aliphatic rings. The minimum absolute atomic E-state index is 0. The summed E-state index contributed by atoms with van der Waals surface area (Å²) in [6.45, 7) is -1.58. The molecular weight excluding hydrogens is 355 g/mol. The first-order valence-corrected chi connectivity index (χ1v) is 5.21. The van der Waals surface area contributed by atoms with Crippen LogP contribution in [0.3, 0.4) is 0 Å². The number of carboxylic acids is 4. The smallest absolute Gasteiger partial charge is 0.549 e. The van der Waals surface area contributed by atoms with E-state index in [1.807, 2.05) is 0 Å². The molecule has 0 rings (SSSR count). The van der Waals surface area contributed by atoms with E-state index < -0.39 is 50.1 Å². The van der Waals surface area contributed by atoms with Gasteiger partial charge < -0.3 is 39.6 Å². The molecule has 0 saturated carbocycles. The fraction of sp³-hybridized carbons (Fsp3) is 0.600. The summed E-state index contributed by atoms with van der Waals surface area (Å²) in [5.74, 6) is -5.21. The van der Waals surface area contributed by atoms with Crippen LogP contribution in [0.25, 0.3) is 0 Å². The molecular formula is C10H14FeN2NaO8. The molecule has 0 spiro atoms. The number of hydrogen-bond acceptors (Lipinski definition) is 10. The normalized spacial score (nSPS) is 8.91. The van der Waals surface area contributed by atoms with Crippen LogP contribution < -0.4 is 50.0 Å². The number of carbonyl (C=O) groups excluding carboxylic acids is 4. The van der Waals surface area contributed by atoms with Gasteiger partial charge in [0.25, 0.3) is 0 Å². The third-order valence-corrected chi connectivity index (χ3v) is 1.60. The zero-order valence-electron chi connectivity index (χ0n) is 12.3. The van der Waals surface area contributed by atoms with Gasteiger partial charge in [-0.05, 0) is 14.1 Å². The van der Waals surface area contributed by atoms with E-state index in [1.165, 1.54) is 14.1 Å². The molecule has 0 unspecified atom stereocenters. The van der Waals surface area contributed by atoms with Gasteiger partial charge in [-0.2, -0.15) is 0 Å². The molecule has 0 aromatic rings. The topological polar surface area (TPSA) is 167 Å². The van der Waals surface area contributed by atoms with Crippen molar-refractivity contribution in [3.8, 4) is 0 Å². The summed E-state index contributed by atoms with van der Waals surface area (Å²) >= 11 is 0. The minimum atomic E-state index is -1.30. The predicted octanol–water partition coefficient (Wildman–Crippen LogP) is -10.2. The Hall–Kier alpha value is -0.681. The Morgan fingerprint density at radius 3 is 0.864 bits per heavy atom. The molecule has 0 aliphatic carbocycles. The molecule has 10 nitrogen and oxygen atoms in total. The predicted molar refractivity (Wildman–Crippen MR) is 55.0 cm³/mol. The first-order valence-electron chi connectivity index (χ1n) is 5.21. The fourth-order valence-corrected chi connectivity index (χ4v) is 0.993. The monoisotopic (exact) mass is 369 g/mol. The molecule has 0 aromatic heterocycles. The van der Waals surface area contributed by atoms with Crippen molar-refractivity contribution in [3.05, 3.63) is 0 Å². The van der Waals surface area contributed by atoms with Gasteiger partial charge in [0.15, 0.2) is 0 Å². The van der Waals surface area contributed by atoms with Gasteiger partial charge in [0, 0.05) is 26.2 Å². The number of likely N-dealkylation sites (N-methyl/N-ethyl adjacent to an activating group) is 2. The zero-order chi connectivity index (χ0) is 16.3. The summed E-state index contributed by atoms with van der Waals surface area (Å²) in [7, 11) is 2.71. The Kier molecular flexibility index (Phi) is 22.3. The van der Waals surface area contributed by atoms with E-state index in [4.69, 9.17) is 0 Å². The number of aliphatic carboxylic acids is 4. The molecule has 0 fully saturated rings. The number of carboxylic acid groups (broad SMARTS) is 4. The van der Waals surface area contributed by atoms with Crippen LogP contribution in [-0.4, -0.2) is 74.0 Å². The van der Waals surface area contributed by atoms with Crippen LogP contribution in [0.4, 0.5) is 0 Å². The summed E-state index contributed by atoms with van der Waals surface area (Å²) < 4.78 is 0. The Labute approximate surface area is 159 Å². The number of rotatable bonds is 8. The van der Waals surface area contributed by atoms with Crippen LogP contribution in [0, 0.1) is 0 Å². The molecule has 0 amide bonds. The van der Waals surface area contributed by atoms with Crippen LogP contribution in [0.5, 0.6) is 0 Å². The van der Waals surface area contributed by atoms with Gasteiger partial charge in [-0.25, -0.2) is 0 Å². The second kappa shape index (κ2) is 16.7. The third-order valence-electron chi connectivity index (χ3n) is 1.60. The molecule has 1 radical (unpaired) electrons. The summed E-state index contributed by atoms with van der Waals surface area (Å²) in [5.41, 5.74) is 0. The van der Waals surface area contributed by atoms with Crippen molar-refractivity contribution in [1.29, 1.82) is 0 Å². The summed E-state index contributed by atoms with van der Waals surface area (Å²) in [6.07, 6.45) is 0. The first-order chi connectivity index (χ1) is 9.04. The molecule has 0 heterocycles. The second-order valence-corrected chi connectivity index (χ2v) is 3.83. The van der Waals surface area contributed by atoms with Gasteiger partial charge >= 0.3 is 46.6 Å². The van der Waals surface area contributed by atoms with Crippen molar-refractivity contribution in [2.45, 2.75) is 0 Å². The molecule has 0 aliphatic heterocycles. The van der Waals surface area contributed by atoms with Gasteiger partial charge in [0.2, 0.25) is 0 Å². The summed E-state index contributed by atoms with van der Waals surface area (Å²) in [6, 6.07) is 0. The van der Waals surface area contributed by atoms with Crippen LogP contribution in [0.1, 0.15) is 0 Å². The summed E-state index contributed by atoms with van der Waals surface area (Å²) in [4.78, 5) is 41.4. The molecule has 0 saturated heterocycles. The van der Waals surface area contributed by atoms with Crippen LogP contribution in [-0.2, 0) is 36.2 Å². The van der Waals surface area contributed by atoms with Crippen molar-refractivity contribution in [2.24, 2.45) is 0 Å². The largest absolute Gasteiger partial charge is 3.00 e. The molecule has 121 valence electrons. The number of nitrogens with zero attached hydrogens (tertiary/aromatic N) is 2. The first kappa shape index (κ1) is 29.3. The van der Waals surface area contributed by atoms with Crippen molar-refractivity contribution in [1.82, 2.24) is 9.80 Å². The van der Waals surface area contributed by atoms with Crippen LogP contribution in [0.2, 0.25) is 0 Å². The third kappa shape index (κ3) is 27.6. The van der Waals surface area contributed by atoms with Crippen LogP contribution >= 0.6 is 0 Å². The molecule has 0 atom stereocenters. The Morgan fingerprint density at radius 2 is 0.773 bits per heavy atom. The van der Waals surface area contributed by atoms with Gasteiger partial charge in [0.05, 0.1) is 23.9 Å². The van der Waals surface area contributed by atoms with Gasteiger partial charge in [-0.3, -0.25) is 9.80 Å². The molecule has 0 N–H and O–H groups in total. The van der Waals surface area contributed by atoms with Crippen molar-refractivity contribution in [2.75, 3.05) is 40.3 Å². The SMILES string of the molecule is CN(CC(=O)[O-])CC(=O)[O-].CN(CC(=O)[O-])CC(=O)[O-].[Fe+3].[Na+]. The fourth-order valence-electron chi connectivity index (χ4n) is 0.993. The van der Waals surface area contributed by atoms with E-state index in [1.54, 1.807) is 0 Å². The maximum atomic E-state index is 9.83. The molecule has 0 bridgehead atoms. The minimum Gasteiger partial charge on any atom is -0.549 e. The van der Waals surface area contributed by atoms with E-state index in [0.717, 1.165) is 9.80 Å². The molecule has 12 heteroatoms. The van der Waals surface area contributed by atoms with E-state index in [2.05, 4.69) is 0 Å². The van der Waals surface area contributed by atoms with E-state index in [9.17, 15) is 39.6 Å². The maximum Gasteiger partial charge on any atom is 3.00 e. The van der Waals surface area contributed by atoms with Gasteiger partial charge in [-0.15, -0.1) is 0 Å². The van der Waals surface area contributed by atoms with E-state index in [0.29, 0.717) is 0 Å². The Morgan fingerprint density at radius 1 is 0.636 bits per heavy atom. The van der Waals surface area contributed by atoms with Crippen molar-refractivity contribution < 1.29 is 86.2 Å². The molecule has 22 heavy (non-hydrogen) atoms. The maximum absolute atomic E-state index is 9.83. The number of hydrogen-bond donors (Lipinski definition) is 0. The van der Waals surface area contributed by atoms with Crippen LogP contribution in [0.15, 0.2) is 0 Å². The Balaban J connectivity index is -0.000000135. The average molecular weight is 369 g/mol. The van der Waals surface area contributed by atoms with E-state index in [-0.39, 0.29) is 46.6 Å².